The first-order valence-electron chi connectivity index (χ1n) is 4.00. The summed E-state index contributed by atoms with van der Waals surface area (Å²) < 4.78 is 1.46. The molecule has 0 atom stereocenters. The minimum atomic E-state index is -0.222. The topological polar surface area (TPSA) is 34.9 Å². The summed E-state index contributed by atoms with van der Waals surface area (Å²) in [6.07, 6.45) is 1.59. The number of halogens is 1. The second-order valence-electron chi connectivity index (χ2n) is 3.03. The van der Waals surface area contributed by atoms with Crippen LogP contribution >= 0.6 is 11.6 Å². The van der Waals surface area contributed by atoms with E-state index in [0.29, 0.717) is 5.15 Å². The monoisotopic (exact) mass is 204 g/mol. The minimum absolute atomic E-state index is 0.212. The summed E-state index contributed by atoms with van der Waals surface area (Å²) in [7, 11) is 7.18. The first kappa shape index (κ1) is 9.28. The maximum absolute atomic E-state index is 11.5. The lowest BCUT2D eigenvalue weighted by atomic mass is 9.97. The maximum Gasteiger partial charge on any atom is 0.243 e. The summed E-state index contributed by atoms with van der Waals surface area (Å²) in [5.74, 6) is 0. The molecule has 0 aromatic carbocycles. The Morgan fingerprint density at radius 2 is 2.21 bits per heavy atom. The van der Waals surface area contributed by atoms with Gasteiger partial charge in [0.25, 0.3) is 0 Å². The van der Waals surface area contributed by atoms with Crippen molar-refractivity contribution in [3.05, 3.63) is 33.8 Å². The molecule has 0 bridgehead atoms. The average Bonchev–Trinajstić information content (AvgIpc) is 2.16. The number of hydrogen-bond acceptors (Lipinski definition) is 2. The van der Waals surface area contributed by atoms with Crippen LogP contribution in [-0.4, -0.2) is 17.4 Å². The van der Waals surface area contributed by atoms with E-state index in [4.69, 9.17) is 19.4 Å². The highest BCUT2D eigenvalue weighted by molar-refractivity contribution is 6.33. The number of fused-ring (bicyclic) bond motifs is 1. The molecule has 0 N–H and O–H groups in total. The summed E-state index contributed by atoms with van der Waals surface area (Å²) in [5, 5.41) is 1.16. The van der Waals surface area contributed by atoms with Crippen LogP contribution < -0.4 is 11.0 Å². The fourth-order valence-corrected chi connectivity index (χ4v) is 1.52. The van der Waals surface area contributed by atoms with E-state index in [2.05, 4.69) is 4.98 Å². The van der Waals surface area contributed by atoms with Crippen LogP contribution in [-0.2, 0) is 7.05 Å². The molecule has 0 aliphatic rings. The largest absolute Gasteiger partial charge is 0.312 e. The number of aryl methyl sites for hydroxylation is 1. The zero-order chi connectivity index (χ0) is 10.3. The molecule has 0 aliphatic heterocycles. The van der Waals surface area contributed by atoms with Crippen LogP contribution in [0.3, 0.4) is 0 Å². The van der Waals surface area contributed by atoms with Gasteiger partial charge >= 0.3 is 0 Å². The van der Waals surface area contributed by atoms with E-state index >= 15 is 0 Å². The number of aromatic nitrogens is 2. The molecule has 0 fully saturated rings. The van der Waals surface area contributed by atoms with Crippen LogP contribution in [0.1, 0.15) is 0 Å². The fourth-order valence-electron chi connectivity index (χ4n) is 1.36. The lowest BCUT2D eigenvalue weighted by molar-refractivity contribution is 0.913. The van der Waals surface area contributed by atoms with E-state index in [1.807, 2.05) is 0 Å². The van der Waals surface area contributed by atoms with Crippen LogP contribution in [0.4, 0.5) is 0 Å². The highest BCUT2D eigenvalue weighted by atomic mass is 35.5. The van der Waals surface area contributed by atoms with Crippen LogP contribution in [0, 0.1) is 0 Å². The molecule has 2 rings (SSSR count). The van der Waals surface area contributed by atoms with E-state index in [1.54, 1.807) is 25.4 Å². The number of rotatable bonds is 0. The van der Waals surface area contributed by atoms with Crippen LogP contribution in [0.2, 0.25) is 5.15 Å². The van der Waals surface area contributed by atoms with E-state index < -0.39 is 0 Å². The number of nitrogens with zero attached hydrogens (tertiary/aromatic N) is 2. The quantitative estimate of drug-likeness (QED) is 0.459. The molecule has 0 saturated carbocycles. The molecular weight excluding hydrogens is 198 g/mol. The smallest absolute Gasteiger partial charge is 0.243 e. The van der Waals surface area contributed by atoms with Crippen molar-refractivity contribution in [2.45, 2.75) is 0 Å². The van der Waals surface area contributed by atoms with Gasteiger partial charge in [0.05, 0.1) is 5.52 Å². The van der Waals surface area contributed by atoms with Crippen molar-refractivity contribution in [3.63, 3.8) is 0 Å². The standard InChI is InChI=1S/C9H6BClN2O/c1-13-7-3-8(11)12-4-5(7)2-6(10)9(13)14/h2-4H,1H3. The molecule has 2 radical (unpaired) electrons. The van der Waals surface area contributed by atoms with Gasteiger partial charge in [-0.2, -0.15) is 0 Å². The third kappa shape index (κ3) is 1.32. The second-order valence-corrected chi connectivity index (χ2v) is 3.42. The first-order valence-corrected chi connectivity index (χ1v) is 4.38. The summed E-state index contributed by atoms with van der Waals surface area (Å²) in [5.41, 5.74) is 0.716. The van der Waals surface area contributed by atoms with Gasteiger partial charge in [0.2, 0.25) is 5.56 Å². The van der Waals surface area contributed by atoms with Crippen molar-refractivity contribution in [3.8, 4) is 0 Å². The Hall–Kier alpha value is -1.29. The van der Waals surface area contributed by atoms with Crippen molar-refractivity contribution in [2.24, 2.45) is 7.05 Å². The Morgan fingerprint density at radius 3 is 2.93 bits per heavy atom. The van der Waals surface area contributed by atoms with Gasteiger partial charge in [0.15, 0.2) is 0 Å². The van der Waals surface area contributed by atoms with Crippen molar-refractivity contribution >= 4 is 35.8 Å². The third-order valence-electron chi connectivity index (χ3n) is 2.10. The van der Waals surface area contributed by atoms with Crippen molar-refractivity contribution in [1.29, 1.82) is 0 Å². The van der Waals surface area contributed by atoms with Crippen molar-refractivity contribution in [2.75, 3.05) is 0 Å². The molecule has 2 heterocycles. The highest BCUT2D eigenvalue weighted by Crippen LogP contribution is 2.13. The van der Waals surface area contributed by atoms with Gasteiger partial charge in [-0.15, -0.1) is 0 Å². The lowest BCUT2D eigenvalue weighted by Crippen LogP contribution is -2.32. The Bertz CT molecular complexity index is 564. The molecule has 2 aromatic heterocycles. The molecular formula is C9H6BClN2O. The SMILES string of the molecule is [B]c1cc2cnc(Cl)cc2n(C)c1=O. The first-order chi connectivity index (χ1) is 6.59. The van der Waals surface area contributed by atoms with Crippen LogP contribution in [0.25, 0.3) is 10.9 Å². The predicted molar refractivity (Wildman–Crippen MR) is 57.4 cm³/mol. The van der Waals surface area contributed by atoms with E-state index in [0.717, 1.165) is 10.9 Å². The number of pyridine rings is 2. The zero-order valence-corrected chi connectivity index (χ0v) is 8.25. The molecule has 0 spiro atoms. The van der Waals surface area contributed by atoms with E-state index in [-0.39, 0.29) is 11.0 Å². The number of hydrogen-bond donors (Lipinski definition) is 0. The summed E-state index contributed by atoms with van der Waals surface area (Å²) >= 11 is 5.73. The van der Waals surface area contributed by atoms with Gasteiger partial charge in [0, 0.05) is 18.6 Å². The lowest BCUT2D eigenvalue weighted by Gasteiger charge is -2.05. The molecule has 14 heavy (non-hydrogen) atoms. The molecule has 0 saturated heterocycles. The molecule has 0 unspecified atom stereocenters. The minimum Gasteiger partial charge on any atom is -0.312 e. The van der Waals surface area contributed by atoms with Gasteiger partial charge in [-0.05, 0) is 11.5 Å². The van der Waals surface area contributed by atoms with E-state index in [1.165, 1.54) is 4.57 Å². The Kier molecular flexibility index (Phi) is 2.08. The third-order valence-corrected chi connectivity index (χ3v) is 2.31. The van der Waals surface area contributed by atoms with Gasteiger partial charge in [-0.1, -0.05) is 17.7 Å². The van der Waals surface area contributed by atoms with Gasteiger partial charge in [0.1, 0.15) is 13.0 Å². The molecule has 2 aromatic rings. The molecule has 0 amide bonds. The molecule has 0 aliphatic carbocycles. The Morgan fingerprint density at radius 1 is 1.50 bits per heavy atom. The average molecular weight is 204 g/mol. The van der Waals surface area contributed by atoms with Gasteiger partial charge in [-0.25, -0.2) is 4.98 Å². The summed E-state index contributed by atoms with van der Waals surface area (Å²) in [6, 6.07) is 3.23. The van der Waals surface area contributed by atoms with Gasteiger partial charge < -0.3 is 4.57 Å². The molecule has 68 valence electrons. The zero-order valence-electron chi connectivity index (χ0n) is 7.49. The maximum atomic E-state index is 11.5. The second kappa shape index (κ2) is 3.13. The van der Waals surface area contributed by atoms with Gasteiger partial charge in [-0.3, -0.25) is 4.79 Å². The van der Waals surface area contributed by atoms with Crippen molar-refractivity contribution in [1.82, 2.24) is 9.55 Å². The van der Waals surface area contributed by atoms with Crippen LogP contribution in [0.5, 0.6) is 0 Å². The molecule has 3 nitrogen and oxygen atoms in total. The van der Waals surface area contributed by atoms with Crippen LogP contribution in [0.15, 0.2) is 23.1 Å². The normalized spacial score (nSPS) is 10.7. The van der Waals surface area contributed by atoms with Crippen molar-refractivity contribution < 1.29 is 0 Å². The van der Waals surface area contributed by atoms with E-state index in [9.17, 15) is 4.79 Å². The summed E-state index contributed by atoms with van der Waals surface area (Å²) in [6.45, 7) is 0. The highest BCUT2D eigenvalue weighted by Gasteiger charge is 2.03. The fraction of sp³-hybridized carbons (Fsp3) is 0.111. The Labute approximate surface area is 86.7 Å². The molecule has 5 heteroatoms. The predicted octanol–water partition coefficient (Wildman–Crippen LogP) is 0.381. The Balaban J connectivity index is 2.99. The summed E-state index contributed by atoms with van der Waals surface area (Å²) in [4.78, 5) is 15.4.